The number of ether oxygens (including phenoxy) is 1. The molecule has 0 aliphatic carbocycles. The van der Waals surface area contributed by atoms with Gasteiger partial charge in [0.05, 0.1) is 4.92 Å². The highest BCUT2D eigenvalue weighted by atomic mass is 35.5. The van der Waals surface area contributed by atoms with Crippen molar-refractivity contribution in [3.63, 3.8) is 0 Å². The first-order chi connectivity index (χ1) is 10.1. The van der Waals surface area contributed by atoms with E-state index >= 15 is 0 Å². The second kappa shape index (κ2) is 6.90. The van der Waals surface area contributed by atoms with Crippen LogP contribution in [0.3, 0.4) is 0 Å². The lowest BCUT2D eigenvalue weighted by molar-refractivity contribution is -0.386. The Hall–Kier alpha value is -2.34. The van der Waals surface area contributed by atoms with E-state index in [0.29, 0.717) is 16.6 Å². The van der Waals surface area contributed by atoms with E-state index in [1.54, 1.807) is 30.3 Å². The molecule has 7 heteroatoms. The van der Waals surface area contributed by atoms with Gasteiger partial charge in [0, 0.05) is 17.6 Å². The lowest BCUT2D eigenvalue weighted by Gasteiger charge is -2.08. The van der Waals surface area contributed by atoms with E-state index in [4.69, 9.17) is 16.3 Å². The molecule has 110 valence electrons. The summed E-state index contributed by atoms with van der Waals surface area (Å²) in [5.41, 5.74) is -0.197. The van der Waals surface area contributed by atoms with Crippen LogP contribution in [0.2, 0.25) is 5.02 Å². The zero-order valence-corrected chi connectivity index (χ0v) is 12.1. The third-order valence-electron chi connectivity index (χ3n) is 2.60. The number of hydrogen-bond donors (Lipinski definition) is 1. The van der Waals surface area contributed by atoms with Gasteiger partial charge in [-0.1, -0.05) is 24.6 Å². The van der Waals surface area contributed by atoms with Gasteiger partial charge in [-0.15, -0.1) is 0 Å². The SMILES string of the molecule is CCCNc1ccc([N+](=O)[O-])c(Oc2cccc(Cl)c2)n1. The molecule has 1 N–H and O–H groups in total. The fraction of sp³-hybridized carbons (Fsp3) is 0.214. The number of nitro groups is 1. The van der Waals surface area contributed by atoms with Gasteiger partial charge in [-0.05, 0) is 30.7 Å². The van der Waals surface area contributed by atoms with E-state index in [-0.39, 0.29) is 11.6 Å². The second-order valence-corrected chi connectivity index (χ2v) is 4.70. The lowest BCUT2D eigenvalue weighted by Crippen LogP contribution is -2.04. The fourth-order valence-corrected chi connectivity index (χ4v) is 1.82. The van der Waals surface area contributed by atoms with Gasteiger partial charge in [0.15, 0.2) is 0 Å². The van der Waals surface area contributed by atoms with Crippen LogP contribution in [0.25, 0.3) is 0 Å². The zero-order chi connectivity index (χ0) is 15.2. The Morgan fingerprint density at radius 2 is 2.19 bits per heavy atom. The van der Waals surface area contributed by atoms with Crippen molar-refractivity contribution in [2.45, 2.75) is 13.3 Å². The quantitative estimate of drug-likeness (QED) is 0.637. The summed E-state index contributed by atoms with van der Waals surface area (Å²) >= 11 is 5.87. The van der Waals surface area contributed by atoms with E-state index in [9.17, 15) is 10.1 Å². The van der Waals surface area contributed by atoms with Crippen LogP contribution in [0.15, 0.2) is 36.4 Å². The minimum Gasteiger partial charge on any atom is -0.434 e. The number of anilines is 1. The van der Waals surface area contributed by atoms with E-state index in [2.05, 4.69) is 10.3 Å². The molecule has 1 aromatic heterocycles. The Bertz CT molecular complexity index is 649. The third-order valence-corrected chi connectivity index (χ3v) is 2.84. The van der Waals surface area contributed by atoms with Crippen molar-refractivity contribution in [2.24, 2.45) is 0 Å². The molecule has 0 amide bonds. The fourth-order valence-electron chi connectivity index (χ4n) is 1.64. The third kappa shape index (κ3) is 4.06. The molecule has 0 bridgehead atoms. The summed E-state index contributed by atoms with van der Waals surface area (Å²) in [7, 11) is 0. The average Bonchev–Trinajstić information content (AvgIpc) is 2.45. The number of nitrogens with one attached hydrogen (secondary N) is 1. The first-order valence-electron chi connectivity index (χ1n) is 6.43. The largest absolute Gasteiger partial charge is 0.434 e. The standard InChI is InChI=1S/C14H14ClN3O3/c1-2-8-16-13-7-6-12(18(19)20)14(17-13)21-11-5-3-4-10(15)9-11/h3-7,9H,2,8H2,1H3,(H,16,17). The van der Waals surface area contributed by atoms with Crippen molar-refractivity contribution in [1.82, 2.24) is 4.98 Å². The summed E-state index contributed by atoms with van der Waals surface area (Å²) in [4.78, 5) is 14.7. The van der Waals surface area contributed by atoms with E-state index < -0.39 is 4.92 Å². The Morgan fingerprint density at radius 1 is 1.38 bits per heavy atom. The van der Waals surface area contributed by atoms with Crippen LogP contribution in [0.1, 0.15) is 13.3 Å². The molecule has 21 heavy (non-hydrogen) atoms. The summed E-state index contributed by atoms with van der Waals surface area (Å²) < 4.78 is 5.50. The number of halogens is 1. The predicted octanol–water partition coefficient (Wildman–Crippen LogP) is 4.26. The van der Waals surface area contributed by atoms with Crippen LogP contribution >= 0.6 is 11.6 Å². The smallest absolute Gasteiger partial charge is 0.331 e. The molecule has 2 rings (SSSR count). The monoisotopic (exact) mass is 307 g/mol. The van der Waals surface area contributed by atoms with Crippen molar-refractivity contribution >= 4 is 23.1 Å². The van der Waals surface area contributed by atoms with E-state index in [1.165, 1.54) is 6.07 Å². The summed E-state index contributed by atoms with van der Waals surface area (Å²) in [6.45, 7) is 2.74. The number of nitrogens with zero attached hydrogens (tertiary/aromatic N) is 2. The van der Waals surface area contributed by atoms with E-state index in [0.717, 1.165) is 13.0 Å². The normalized spacial score (nSPS) is 10.2. The highest BCUT2D eigenvalue weighted by molar-refractivity contribution is 6.30. The summed E-state index contributed by atoms with van der Waals surface area (Å²) in [5.74, 6) is 0.855. The first kappa shape index (κ1) is 15.1. The van der Waals surface area contributed by atoms with Gasteiger partial charge in [-0.2, -0.15) is 4.98 Å². The van der Waals surface area contributed by atoms with Gasteiger partial charge in [-0.25, -0.2) is 0 Å². The molecule has 1 aromatic carbocycles. The number of rotatable bonds is 6. The van der Waals surface area contributed by atoms with Gasteiger partial charge >= 0.3 is 11.6 Å². The number of hydrogen-bond acceptors (Lipinski definition) is 5. The maximum atomic E-state index is 11.0. The van der Waals surface area contributed by atoms with Crippen LogP contribution in [0, 0.1) is 10.1 Å². The molecule has 0 aliphatic heterocycles. The molecule has 0 radical (unpaired) electrons. The molecule has 1 heterocycles. The minimum absolute atomic E-state index is 0.0663. The summed E-state index contributed by atoms with van der Waals surface area (Å²) in [6.07, 6.45) is 0.920. The summed E-state index contributed by atoms with van der Waals surface area (Å²) in [5, 5.41) is 14.6. The topological polar surface area (TPSA) is 77.3 Å². The highest BCUT2D eigenvalue weighted by Gasteiger charge is 2.18. The minimum atomic E-state index is -0.531. The molecule has 6 nitrogen and oxygen atoms in total. The van der Waals surface area contributed by atoms with Crippen LogP contribution < -0.4 is 10.1 Å². The predicted molar refractivity (Wildman–Crippen MR) is 81.2 cm³/mol. The van der Waals surface area contributed by atoms with Crippen LogP contribution in [0.4, 0.5) is 11.5 Å². The molecule has 0 atom stereocenters. The number of aromatic nitrogens is 1. The van der Waals surface area contributed by atoms with Gasteiger partial charge in [0.25, 0.3) is 0 Å². The first-order valence-corrected chi connectivity index (χ1v) is 6.80. The van der Waals surface area contributed by atoms with Crippen molar-refractivity contribution in [1.29, 1.82) is 0 Å². The van der Waals surface area contributed by atoms with Gasteiger partial charge in [0.1, 0.15) is 11.6 Å². The molecule has 0 aliphatic rings. The Morgan fingerprint density at radius 3 is 2.86 bits per heavy atom. The Balaban J connectivity index is 2.31. The molecule has 0 unspecified atom stereocenters. The lowest BCUT2D eigenvalue weighted by atomic mass is 10.3. The van der Waals surface area contributed by atoms with Crippen molar-refractivity contribution in [3.8, 4) is 11.6 Å². The van der Waals surface area contributed by atoms with Crippen LogP contribution in [0.5, 0.6) is 11.6 Å². The van der Waals surface area contributed by atoms with Gasteiger partial charge in [-0.3, -0.25) is 10.1 Å². The molecule has 2 aromatic rings. The van der Waals surface area contributed by atoms with Gasteiger partial charge < -0.3 is 10.1 Å². The maximum absolute atomic E-state index is 11.0. The molecule has 0 fully saturated rings. The zero-order valence-electron chi connectivity index (χ0n) is 11.4. The maximum Gasteiger partial charge on any atom is 0.331 e. The summed E-state index contributed by atoms with van der Waals surface area (Å²) in [6, 6.07) is 9.53. The number of benzene rings is 1. The molecule has 0 spiro atoms. The average molecular weight is 308 g/mol. The Labute approximate surface area is 126 Å². The molecular weight excluding hydrogens is 294 g/mol. The number of pyridine rings is 1. The molecule has 0 saturated carbocycles. The molecule has 0 saturated heterocycles. The molecular formula is C14H14ClN3O3. The second-order valence-electron chi connectivity index (χ2n) is 4.26. The van der Waals surface area contributed by atoms with Crippen LogP contribution in [-0.2, 0) is 0 Å². The van der Waals surface area contributed by atoms with Crippen molar-refractivity contribution in [2.75, 3.05) is 11.9 Å². The van der Waals surface area contributed by atoms with Crippen molar-refractivity contribution in [3.05, 3.63) is 51.5 Å². The van der Waals surface area contributed by atoms with Crippen LogP contribution in [-0.4, -0.2) is 16.5 Å². The highest BCUT2D eigenvalue weighted by Crippen LogP contribution is 2.31. The van der Waals surface area contributed by atoms with E-state index in [1.807, 2.05) is 6.92 Å². The van der Waals surface area contributed by atoms with Gasteiger partial charge in [0.2, 0.25) is 0 Å². The van der Waals surface area contributed by atoms with Crippen molar-refractivity contribution < 1.29 is 9.66 Å². The Kier molecular flexibility index (Phi) is 4.94.